The number of aromatic nitrogens is 2. The highest BCUT2D eigenvalue weighted by atomic mass is 31.2. The number of ether oxygens (including phenoxy) is 2. The van der Waals surface area contributed by atoms with Crippen LogP contribution in [0, 0.1) is 12.3 Å². The monoisotopic (exact) mass is 361 g/mol. The molecule has 12 heteroatoms. The topological polar surface area (TPSA) is 177 Å². The Labute approximate surface area is 136 Å². The predicted molar refractivity (Wildman–Crippen MR) is 77.5 cm³/mol. The summed E-state index contributed by atoms with van der Waals surface area (Å²) >= 11 is 0. The number of carbonyl (C=O) groups is 1. The van der Waals surface area contributed by atoms with Crippen molar-refractivity contribution in [3.63, 3.8) is 0 Å². The summed E-state index contributed by atoms with van der Waals surface area (Å²) in [6, 6.07) is 0. The van der Waals surface area contributed by atoms with E-state index < -0.39 is 44.4 Å². The van der Waals surface area contributed by atoms with E-state index in [0.717, 1.165) is 10.9 Å². The van der Waals surface area contributed by atoms with Gasteiger partial charge in [0.25, 0.3) is 5.91 Å². The maximum Gasteiger partial charge on any atom is 0.350 e. The fourth-order valence-electron chi connectivity index (χ4n) is 2.26. The van der Waals surface area contributed by atoms with Crippen LogP contribution in [0.4, 0.5) is 0 Å². The zero-order valence-corrected chi connectivity index (χ0v) is 13.1. The van der Waals surface area contributed by atoms with Gasteiger partial charge in [0.15, 0.2) is 11.9 Å². The molecule has 11 nitrogen and oxygen atoms in total. The van der Waals surface area contributed by atoms with Gasteiger partial charge in [0.2, 0.25) is 0 Å². The maximum atomic E-state index is 11.3. The Hall–Kier alpha value is -1.77. The largest absolute Gasteiger partial charge is 0.387 e. The predicted octanol–water partition coefficient (Wildman–Crippen LogP) is -2.27. The van der Waals surface area contributed by atoms with Crippen molar-refractivity contribution in [2.45, 2.75) is 24.5 Å². The van der Waals surface area contributed by atoms with Crippen molar-refractivity contribution in [3.05, 3.63) is 17.7 Å². The molecule has 0 radical (unpaired) electrons. The molecule has 1 aromatic heterocycles. The van der Waals surface area contributed by atoms with Crippen LogP contribution in [0.1, 0.15) is 22.4 Å². The van der Waals surface area contributed by atoms with E-state index in [0.29, 0.717) is 0 Å². The second-order valence-corrected chi connectivity index (χ2v) is 6.66. The normalized spacial score (nSPS) is 27.1. The fourth-order valence-corrected chi connectivity index (χ4v) is 2.60. The average molecular weight is 361 g/mol. The van der Waals surface area contributed by atoms with Gasteiger partial charge in [-0.2, -0.15) is 0 Å². The molecule has 2 heterocycles. The van der Waals surface area contributed by atoms with Gasteiger partial charge in [-0.3, -0.25) is 13.9 Å². The zero-order valence-electron chi connectivity index (χ0n) is 12.2. The van der Waals surface area contributed by atoms with Crippen LogP contribution < -0.4 is 5.73 Å². The standard InChI is InChI=1S/C12H16N3O8P/c1-2-6-8(11(13)18)14-4-15(6)12-10(17)9(16)7(23-12)3-22-5-24(19,20)21/h1,4,7,9-10,12,16-17H,3,5H2,(H2,13,18)(H2,19,20,21)/t7-,9-,10-,12-/m1/s1. The third-order valence-electron chi connectivity index (χ3n) is 3.32. The zero-order chi connectivity index (χ0) is 18.1. The van der Waals surface area contributed by atoms with Gasteiger partial charge in [-0.15, -0.1) is 6.42 Å². The van der Waals surface area contributed by atoms with Crippen molar-refractivity contribution < 1.29 is 38.8 Å². The van der Waals surface area contributed by atoms with E-state index in [1.165, 1.54) is 0 Å². The van der Waals surface area contributed by atoms with Gasteiger partial charge in [-0.05, 0) is 5.92 Å². The lowest BCUT2D eigenvalue weighted by atomic mass is 10.1. The number of primary amides is 1. The van der Waals surface area contributed by atoms with Crippen LogP contribution in [0.15, 0.2) is 6.33 Å². The molecule has 4 atom stereocenters. The van der Waals surface area contributed by atoms with Crippen molar-refractivity contribution in [1.82, 2.24) is 9.55 Å². The molecule has 0 bridgehead atoms. The van der Waals surface area contributed by atoms with Gasteiger partial charge in [0.05, 0.1) is 12.9 Å². The molecule has 1 aromatic rings. The Bertz CT molecular complexity index is 708. The highest BCUT2D eigenvalue weighted by Gasteiger charge is 2.44. The van der Waals surface area contributed by atoms with E-state index in [2.05, 4.69) is 10.9 Å². The van der Waals surface area contributed by atoms with Gasteiger partial charge in [-0.25, -0.2) is 4.98 Å². The van der Waals surface area contributed by atoms with E-state index in [1.54, 1.807) is 0 Å². The third kappa shape index (κ3) is 3.82. The molecule has 1 saturated heterocycles. The number of hydrogen-bond acceptors (Lipinski definition) is 7. The molecule has 132 valence electrons. The number of aliphatic hydroxyl groups excluding tert-OH is 2. The van der Waals surface area contributed by atoms with Crippen LogP contribution in [-0.4, -0.2) is 66.7 Å². The van der Waals surface area contributed by atoms with Gasteiger partial charge in [-0.1, -0.05) is 0 Å². The molecular weight excluding hydrogens is 345 g/mol. The summed E-state index contributed by atoms with van der Waals surface area (Å²) in [5.74, 6) is 1.34. The Kier molecular flexibility index (Phi) is 5.42. The van der Waals surface area contributed by atoms with E-state index >= 15 is 0 Å². The quantitative estimate of drug-likeness (QED) is 0.276. The van der Waals surface area contributed by atoms with Crippen LogP contribution in [-0.2, 0) is 14.0 Å². The van der Waals surface area contributed by atoms with E-state index in [-0.39, 0.29) is 18.0 Å². The number of rotatable bonds is 6. The minimum Gasteiger partial charge on any atom is -0.387 e. The molecule has 2 rings (SSSR count). The summed E-state index contributed by atoms with van der Waals surface area (Å²) < 4.78 is 22.1. The van der Waals surface area contributed by atoms with Crippen molar-refractivity contribution in [3.8, 4) is 12.3 Å². The van der Waals surface area contributed by atoms with Crippen molar-refractivity contribution in [2.75, 3.05) is 13.0 Å². The SMILES string of the molecule is C#Cc1c(C(N)=O)ncn1[C@@H]1O[C@H](COCP(=O)(O)O)[C@@H](O)[C@H]1O. The van der Waals surface area contributed by atoms with Crippen LogP contribution in [0.25, 0.3) is 0 Å². The van der Waals surface area contributed by atoms with Crippen LogP contribution in [0.3, 0.4) is 0 Å². The first-order valence-corrected chi connectivity index (χ1v) is 8.42. The number of terminal acetylenes is 1. The van der Waals surface area contributed by atoms with Gasteiger partial charge >= 0.3 is 7.60 Å². The fraction of sp³-hybridized carbons (Fsp3) is 0.500. The first-order chi connectivity index (χ1) is 11.2. The van der Waals surface area contributed by atoms with E-state index in [4.69, 9.17) is 31.4 Å². The smallest absolute Gasteiger partial charge is 0.350 e. The van der Waals surface area contributed by atoms with E-state index in [9.17, 15) is 19.6 Å². The molecule has 1 aliphatic heterocycles. The summed E-state index contributed by atoms with van der Waals surface area (Å²) in [5, 5.41) is 20.1. The molecule has 0 unspecified atom stereocenters. The minimum atomic E-state index is -4.37. The van der Waals surface area contributed by atoms with Crippen LogP contribution in [0.2, 0.25) is 0 Å². The molecule has 0 aliphatic carbocycles. The highest BCUT2D eigenvalue weighted by molar-refractivity contribution is 7.51. The molecule has 1 aliphatic rings. The molecule has 0 spiro atoms. The molecule has 24 heavy (non-hydrogen) atoms. The number of carbonyl (C=O) groups excluding carboxylic acids is 1. The lowest BCUT2D eigenvalue weighted by Gasteiger charge is -2.17. The van der Waals surface area contributed by atoms with Gasteiger partial charge in [0.1, 0.15) is 30.4 Å². The Morgan fingerprint density at radius 3 is 2.71 bits per heavy atom. The number of hydrogen-bond donors (Lipinski definition) is 5. The number of imidazole rings is 1. The molecular formula is C12H16N3O8P. The van der Waals surface area contributed by atoms with Crippen LogP contribution >= 0.6 is 7.60 Å². The van der Waals surface area contributed by atoms with Crippen molar-refractivity contribution in [1.29, 1.82) is 0 Å². The number of nitrogens with two attached hydrogens (primary N) is 1. The van der Waals surface area contributed by atoms with Crippen molar-refractivity contribution >= 4 is 13.5 Å². The number of aliphatic hydroxyl groups is 2. The van der Waals surface area contributed by atoms with Crippen molar-refractivity contribution in [2.24, 2.45) is 5.73 Å². The number of nitrogens with zero attached hydrogens (tertiary/aromatic N) is 2. The Balaban J connectivity index is 2.14. The Morgan fingerprint density at radius 2 is 2.17 bits per heavy atom. The molecule has 1 fully saturated rings. The average Bonchev–Trinajstić information content (AvgIpc) is 3.02. The lowest BCUT2D eigenvalue weighted by Crippen LogP contribution is -2.34. The molecule has 1 amide bonds. The Morgan fingerprint density at radius 1 is 1.50 bits per heavy atom. The third-order valence-corrected chi connectivity index (χ3v) is 3.84. The second-order valence-electron chi connectivity index (χ2n) is 5.07. The first-order valence-electron chi connectivity index (χ1n) is 6.63. The second kappa shape index (κ2) is 7.00. The highest BCUT2D eigenvalue weighted by Crippen LogP contribution is 2.35. The minimum absolute atomic E-state index is 0.0319. The maximum absolute atomic E-state index is 11.3. The molecule has 0 aromatic carbocycles. The summed E-state index contributed by atoms with van der Waals surface area (Å²) in [7, 11) is -4.37. The van der Waals surface area contributed by atoms with Gasteiger partial charge in [0, 0.05) is 0 Å². The van der Waals surface area contributed by atoms with Gasteiger partial charge < -0.3 is 35.2 Å². The molecule has 0 saturated carbocycles. The summed E-state index contributed by atoms with van der Waals surface area (Å²) in [5.41, 5.74) is 4.92. The molecule has 6 N–H and O–H groups in total. The number of amides is 1. The summed E-state index contributed by atoms with van der Waals surface area (Å²) in [6.07, 6.45) is 0.515. The van der Waals surface area contributed by atoms with Crippen LogP contribution in [0.5, 0.6) is 0 Å². The lowest BCUT2D eigenvalue weighted by molar-refractivity contribution is -0.0629. The first kappa shape index (κ1) is 18.6. The summed E-state index contributed by atoms with van der Waals surface area (Å²) in [6.45, 7) is -0.372. The van der Waals surface area contributed by atoms with E-state index in [1.807, 2.05) is 0 Å². The summed E-state index contributed by atoms with van der Waals surface area (Å²) in [4.78, 5) is 32.4.